The van der Waals surface area contributed by atoms with E-state index in [0.29, 0.717) is 17.1 Å². The van der Waals surface area contributed by atoms with Crippen LogP contribution in [0.15, 0.2) is 48.5 Å². The van der Waals surface area contributed by atoms with Crippen molar-refractivity contribution in [2.75, 3.05) is 5.75 Å². The lowest BCUT2D eigenvalue weighted by Gasteiger charge is -2.03. The fourth-order valence-electron chi connectivity index (χ4n) is 1.72. The van der Waals surface area contributed by atoms with Crippen molar-refractivity contribution in [2.24, 2.45) is 0 Å². The summed E-state index contributed by atoms with van der Waals surface area (Å²) in [6.45, 7) is 0. The van der Waals surface area contributed by atoms with Crippen LogP contribution in [0, 0.1) is 5.82 Å². The largest absolute Gasteiger partial charge is 0.478 e. The van der Waals surface area contributed by atoms with Crippen molar-refractivity contribution in [1.82, 2.24) is 0 Å². The van der Waals surface area contributed by atoms with E-state index in [1.807, 2.05) is 0 Å². The SMILES string of the molecule is O=C(O)c1ccc(CSCC(=O)c2ccc(F)cc2)cc1. The molecule has 0 amide bonds. The summed E-state index contributed by atoms with van der Waals surface area (Å²) in [4.78, 5) is 22.6. The summed E-state index contributed by atoms with van der Waals surface area (Å²) < 4.78 is 12.8. The van der Waals surface area contributed by atoms with Crippen LogP contribution in [-0.4, -0.2) is 22.6 Å². The van der Waals surface area contributed by atoms with Gasteiger partial charge in [0.2, 0.25) is 0 Å². The summed E-state index contributed by atoms with van der Waals surface area (Å²) in [5.74, 6) is -0.459. The second kappa shape index (κ2) is 7.04. The summed E-state index contributed by atoms with van der Waals surface area (Å²) in [5, 5.41) is 8.79. The molecule has 0 aliphatic carbocycles. The fraction of sp³-hybridized carbons (Fsp3) is 0.125. The minimum Gasteiger partial charge on any atom is -0.478 e. The maximum absolute atomic E-state index is 12.8. The normalized spacial score (nSPS) is 10.3. The third-order valence-electron chi connectivity index (χ3n) is 2.87. The first kappa shape index (κ1) is 15.3. The quantitative estimate of drug-likeness (QED) is 0.828. The van der Waals surface area contributed by atoms with Gasteiger partial charge in [-0.15, -0.1) is 11.8 Å². The molecular weight excluding hydrogens is 291 g/mol. The van der Waals surface area contributed by atoms with Crippen LogP contribution in [0.1, 0.15) is 26.3 Å². The smallest absolute Gasteiger partial charge is 0.335 e. The van der Waals surface area contributed by atoms with Crippen LogP contribution in [0.4, 0.5) is 4.39 Å². The molecule has 2 rings (SSSR count). The van der Waals surface area contributed by atoms with E-state index in [9.17, 15) is 14.0 Å². The molecule has 0 unspecified atom stereocenters. The Morgan fingerprint density at radius 2 is 1.52 bits per heavy atom. The van der Waals surface area contributed by atoms with Gasteiger partial charge in [0.25, 0.3) is 0 Å². The standard InChI is InChI=1S/C16H13FO3S/c17-14-7-5-12(6-8-14)15(18)10-21-9-11-1-3-13(4-2-11)16(19)20/h1-8H,9-10H2,(H,19,20). The molecule has 0 fully saturated rings. The van der Waals surface area contributed by atoms with Gasteiger partial charge in [0.05, 0.1) is 11.3 Å². The first-order chi connectivity index (χ1) is 10.1. The summed E-state index contributed by atoms with van der Waals surface area (Å²) in [5.41, 5.74) is 1.69. The highest BCUT2D eigenvalue weighted by molar-refractivity contribution is 7.99. The molecule has 5 heteroatoms. The van der Waals surface area contributed by atoms with Crippen molar-refractivity contribution in [3.63, 3.8) is 0 Å². The zero-order valence-electron chi connectivity index (χ0n) is 11.1. The van der Waals surface area contributed by atoms with Gasteiger partial charge in [-0.1, -0.05) is 12.1 Å². The van der Waals surface area contributed by atoms with Crippen LogP contribution < -0.4 is 0 Å². The van der Waals surface area contributed by atoms with Crippen LogP contribution in [0.2, 0.25) is 0 Å². The summed E-state index contributed by atoms with van der Waals surface area (Å²) in [6, 6.07) is 12.0. The predicted molar refractivity (Wildman–Crippen MR) is 80.3 cm³/mol. The van der Waals surface area contributed by atoms with Gasteiger partial charge in [0.1, 0.15) is 5.82 Å². The Kier molecular flexibility index (Phi) is 5.11. The van der Waals surface area contributed by atoms with Crippen molar-refractivity contribution in [3.05, 3.63) is 71.0 Å². The fourth-order valence-corrected chi connectivity index (χ4v) is 2.61. The van der Waals surface area contributed by atoms with Crippen molar-refractivity contribution in [2.45, 2.75) is 5.75 Å². The van der Waals surface area contributed by atoms with E-state index in [1.54, 1.807) is 24.3 Å². The van der Waals surface area contributed by atoms with E-state index in [0.717, 1.165) is 5.56 Å². The van der Waals surface area contributed by atoms with Gasteiger partial charge < -0.3 is 5.11 Å². The molecule has 0 aliphatic heterocycles. The van der Waals surface area contributed by atoms with Crippen LogP contribution in [0.3, 0.4) is 0 Å². The van der Waals surface area contributed by atoms with Crippen LogP contribution in [-0.2, 0) is 5.75 Å². The van der Waals surface area contributed by atoms with Crippen LogP contribution in [0.5, 0.6) is 0 Å². The molecule has 0 heterocycles. The number of benzene rings is 2. The molecule has 0 saturated carbocycles. The highest BCUT2D eigenvalue weighted by Crippen LogP contribution is 2.15. The van der Waals surface area contributed by atoms with Crippen LogP contribution >= 0.6 is 11.8 Å². The molecule has 2 aromatic rings. The third-order valence-corrected chi connectivity index (χ3v) is 3.87. The monoisotopic (exact) mass is 304 g/mol. The number of thioether (sulfide) groups is 1. The number of aromatic carboxylic acids is 1. The number of hydrogen-bond donors (Lipinski definition) is 1. The van der Waals surface area contributed by atoms with E-state index < -0.39 is 5.97 Å². The lowest BCUT2D eigenvalue weighted by atomic mass is 10.1. The Morgan fingerprint density at radius 3 is 2.10 bits per heavy atom. The Labute approximate surface area is 125 Å². The Balaban J connectivity index is 1.85. The highest BCUT2D eigenvalue weighted by atomic mass is 32.2. The molecular formula is C16H13FO3S. The molecule has 0 radical (unpaired) electrons. The highest BCUT2D eigenvalue weighted by Gasteiger charge is 2.07. The zero-order chi connectivity index (χ0) is 15.2. The van der Waals surface area contributed by atoms with Gasteiger partial charge in [0, 0.05) is 11.3 Å². The summed E-state index contributed by atoms with van der Waals surface area (Å²) >= 11 is 1.44. The number of hydrogen-bond acceptors (Lipinski definition) is 3. The van der Waals surface area contributed by atoms with E-state index >= 15 is 0 Å². The minimum absolute atomic E-state index is 0.0536. The predicted octanol–water partition coefficient (Wildman–Crippen LogP) is 3.64. The van der Waals surface area contributed by atoms with E-state index in [2.05, 4.69) is 0 Å². The van der Waals surface area contributed by atoms with Crippen molar-refractivity contribution in [3.8, 4) is 0 Å². The molecule has 0 bridgehead atoms. The number of carbonyl (C=O) groups excluding carboxylic acids is 1. The molecule has 108 valence electrons. The number of ketones is 1. The number of halogens is 1. The van der Waals surface area contributed by atoms with Crippen molar-refractivity contribution < 1.29 is 19.1 Å². The number of carboxylic acids is 1. The third kappa shape index (κ3) is 4.43. The second-order valence-corrected chi connectivity index (χ2v) is 5.41. The number of carbonyl (C=O) groups is 2. The molecule has 1 N–H and O–H groups in total. The molecule has 0 spiro atoms. The summed E-state index contributed by atoms with van der Waals surface area (Å²) in [6.07, 6.45) is 0. The molecule has 0 saturated heterocycles. The maximum atomic E-state index is 12.8. The van der Waals surface area contributed by atoms with Gasteiger partial charge in [-0.25, -0.2) is 9.18 Å². The molecule has 0 aromatic heterocycles. The van der Waals surface area contributed by atoms with Gasteiger partial charge in [-0.3, -0.25) is 4.79 Å². The first-order valence-electron chi connectivity index (χ1n) is 6.25. The molecule has 21 heavy (non-hydrogen) atoms. The van der Waals surface area contributed by atoms with Crippen molar-refractivity contribution in [1.29, 1.82) is 0 Å². The second-order valence-electron chi connectivity index (χ2n) is 4.42. The van der Waals surface area contributed by atoms with Crippen LogP contribution in [0.25, 0.3) is 0 Å². The number of Topliss-reactive ketones (excluding diaryl/α,β-unsaturated/α-hetero) is 1. The van der Waals surface area contributed by atoms with Gasteiger partial charge in [0.15, 0.2) is 5.78 Å². The Hall–Kier alpha value is -2.14. The van der Waals surface area contributed by atoms with Gasteiger partial charge >= 0.3 is 5.97 Å². The zero-order valence-corrected chi connectivity index (χ0v) is 11.9. The minimum atomic E-state index is -0.958. The van der Waals surface area contributed by atoms with E-state index in [-0.39, 0.29) is 17.2 Å². The Morgan fingerprint density at radius 1 is 0.952 bits per heavy atom. The average molecular weight is 304 g/mol. The Bertz CT molecular complexity index is 636. The number of carboxylic acid groups (broad SMARTS) is 1. The molecule has 2 aromatic carbocycles. The lowest BCUT2D eigenvalue weighted by molar-refractivity contribution is 0.0696. The van der Waals surface area contributed by atoms with Crippen molar-refractivity contribution >= 4 is 23.5 Å². The van der Waals surface area contributed by atoms with Gasteiger partial charge in [-0.05, 0) is 42.0 Å². The molecule has 0 aliphatic rings. The lowest BCUT2D eigenvalue weighted by Crippen LogP contribution is -2.02. The maximum Gasteiger partial charge on any atom is 0.335 e. The number of rotatable bonds is 6. The average Bonchev–Trinajstić information content (AvgIpc) is 2.48. The van der Waals surface area contributed by atoms with Gasteiger partial charge in [-0.2, -0.15) is 0 Å². The van der Waals surface area contributed by atoms with E-state index in [1.165, 1.54) is 36.0 Å². The van der Waals surface area contributed by atoms with E-state index in [4.69, 9.17) is 5.11 Å². The topological polar surface area (TPSA) is 54.4 Å². The molecule has 3 nitrogen and oxygen atoms in total. The molecule has 0 atom stereocenters. The summed E-state index contributed by atoms with van der Waals surface area (Å²) in [7, 11) is 0. The first-order valence-corrected chi connectivity index (χ1v) is 7.40.